The van der Waals surface area contributed by atoms with Gasteiger partial charge in [0.1, 0.15) is 18.1 Å². The molecule has 0 aliphatic heterocycles. The van der Waals surface area contributed by atoms with Gasteiger partial charge in [0.05, 0.1) is 0 Å². The molecule has 3 heteroatoms. The van der Waals surface area contributed by atoms with Crippen molar-refractivity contribution >= 4 is 0 Å². The van der Waals surface area contributed by atoms with E-state index in [1.165, 1.54) is 18.4 Å². The van der Waals surface area contributed by atoms with Crippen molar-refractivity contribution in [2.75, 3.05) is 13.2 Å². The third-order valence-corrected chi connectivity index (χ3v) is 2.93. The first-order chi connectivity index (χ1) is 7.79. The van der Waals surface area contributed by atoms with Crippen LogP contribution in [0.15, 0.2) is 10.5 Å². The SMILES string of the molecule is CCNCc1cc(COCC2CC2)oc1C. The summed E-state index contributed by atoms with van der Waals surface area (Å²) >= 11 is 0. The maximum absolute atomic E-state index is 5.65. The van der Waals surface area contributed by atoms with E-state index < -0.39 is 0 Å². The summed E-state index contributed by atoms with van der Waals surface area (Å²) in [6.45, 7) is 7.49. The van der Waals surface area contributed by atoms with E-state index in [-0.39, 0.29) is 0 Å². The van der Waals surface area contributed by atoms with Gasteiger partial charge in [-0.1, -0.05) is 6.92 Å². The van der Waals surface area contributed by atoms with Crippen LogP contribution < -0.4 is 5.32 Å². The molecule has 0 aromatic carbocycles. The Morgan fingerprint density at radius 2 is 2.31 bits per heavy atom. The maximum atomic E-state index is 5.65. The monoisotopic (exact) mass is 223 g/mol. The Morgan fingerprint density at radius 1 is 1.50 bits per heavy atom. The molecule has 1 saturated carbocycles. The van der Waals surface area contributed by atoms with E-state index in [1.807, 2.05) is 6.92 Å². The lowest BCUT2D eigenvalue weighted by Gasteiger charge is -1.98. The topological polar surface area (TPSA) is 34.4 Å². The van der Waals surface area contributed by atoms with E-state index in [9.17, 15) is 0 Å². The fraction of sp³-hybridized carbons (Fsp3) is 0.692. The van der Waals surface area contributed by atoms with Crippen LogP contribution in [0.2, 0.25) is 0 Å². The van der Waals surface area contributed by atoms with Gasteiger partial charge in [-0.15, -0.1) is 0 Å². The van der Waals surface area contributed by atoms with Crippen molar-refractivity contribution in [2.24, 2.45) is 5.92 Å². The highest BCUT2D eigenvalue weighted by atomic mass is 16.5. The molecule has 1 heterocycles. The maximum Gasteiger partial charge on any atom is 0.130 e. The van der Waals surface area contributed by atoms with Gasteiger partial charge in [0.2, 0.25) is 0 Å². The van der Waals surface area contributed by atoms with Crippen LogP contribution in [0.25, 0.3) is 0 Å². The van der Waals surface area contributed by atoms with Gasteiger partial charge in [-0.3, -0.25) is 0 Å². The van der Waals surface area contributed by atoms with Crippen LogP contribution in [-0.4, -0.2) is 13.2 Å². The van der Waals surface area contributed by atoms with Gasteiger partial charge in [0, 0.05) is 18.7 Å². The quantitative estimate of drug-likeness (QED) is 0.771. The lowest BCUT2D eigenvalue weighted by molar-refractivity contribution is 0.0967. The Hall–Kier alpha value is -0.800. The Bertz CT molecular complexity index is 329. The van der Waals surface area contributed by atoms with Crippen molar-refractivity contribution < 1.29 is 9.15 Å². The first-order valence-corrected chi connectivity index (χ1v) is 6.16. The van der Waals surface area contributed by atoms with Crippen LogP contribution in [-0.2, 0) is 17.9 Å². The molecular weight excluding hydrogens is 202 g/mol. The van der Waals surface area contributed by atoms with Crippen LogP contribution in [0, 0.1) is 12.8 Å². The molecule has 0 saturated heterocycles. The van der Waals surface area contributed by atoms with Crippen molar-refractivity contribution in [1.82, 2.24) is 5.32 Å². The number of hydrogen-bond acceptors (Lipinski definition) is 3. The minimum atomic E-state index is 0.615. The number of hydrogen-bond donors (Lipinski definition) is 1. The number of ether oxygens (including phenoxy) is 1. The highest BCUT2D eigenvalue weighted by Gasteiger charge is 2.21. The Labute approximate surface area is 97.2 Å². The van der Waals surface area contributed by atoms with Crippen LogP contribution in [0.3, 0.4) is 0 Å². The molecule has 1 aromatic rings. The van der Waals surface area contributed by atoms with Crippen molar-refractivity contribution in [3.63, 3.8) is 0 Å². The number of nitrogens with one attached hydrogen (secondary N) is 1. The van der Waals surface area contributed by atoms with Gasteiger partial charge < -0.3 is 14.5 Å². The molecule has 0 radical (unpaired) electrons. The summed E-state index contributed by atoms with van der Waals surface area (Å²) in [5, 5.41) is 3.30. The molecule has 2 rings (SSSR count). The number of aryl methyl sites for hydroxylation is 1. The standard InChI is InChI=1S/C13H21NO2/c1-3-14-7-12-6-13(16-10(12)2)9-15-8-11-4-5-11/h6,11,14H,3-5,7-9H2,1-2H3. The summed E-state index contributed by atoms with van der Waals surface area (Å²) in [5.74, 6) is 2.77. The van der Waals surface area contributed by atoms with Gasteiger partial charge in [-0.25, -0.2) is 0 Å². The van der Waals surface area contributed by atoms with Gasteiger partial charge in [0.15, 0.2) is 0 Å². The molecule has 0 amide bonds. The molecule has 1 aromatic heterocycles. The van der Waals surface area contributed by atoms with E-state index in [0.717, 1.165) is 37.1 Å². The molecule has 0 unspecified atom stereocenters. The van der Waals surface area contributed by atoms with Crippen LogP contribution in [0.5, 0.6) is 0 Å². The van der Waals surface area contributed by atoms with Gasteiger partial charge >= 0.3 is 0 Å². The Balaban J connectivity index is 1.78. The Morgan fingerprint density at radius 3 is 3.00 bits per heavy atom. The van der Waals surface area contributed by atoms with Crippen molar-refractivity contribution in [2.45, 2.75) is 39.8 Å². The first-order valence-electron chi connectivity index (χ1n) is 6.16. The van der Waals surface area contributed by atoms with Crippen molar-refractivity contribution in [3.8, 4) is 0 Å². The van der Waals surface area contributed by atoms with Crippen LogP contribution >= 0.6 is 0 Å². The Kier molecular flexibility index (Phi) is 4.02. The molecule has 1 aliphatic rings. The summed E-state index contributed by atoms with van der Waals surface area (Å²) in [4.78, 5) is 0. The molecule has 1 N–H and O–H groups in total. The second-order valence-electron chi connectivity index (χ2n) is 4.53. The molecule has 1 aliphatic carbocycles. The van der Waals surface area contributed by atoms with Crippen LogP contribution in [0.1, 0.15) is 36.8 Å². The zero-order valence-corrected chi connectivity index (χ0v) is 10.2. The van der Waals surface area contributed by atoms with E-state index in [1.54, 1.807) is 0 Å². The highest BCUT2D eigenvalue weighted by molar-refractivity contribution is 5.20. The third-order valence-electron chi connectivity index (χ3n) is 2.93. The fourth-order valence-electron chi connectivity index (χ4n) is 1.70. The summed E-state index contributed by atoms with van der Waals surface area (Å²) in [6.07, 6.45) is 2.67. The average Bonchev–Trinajstić information content (AvgIpc) is 3.01. The summed E-state index contributed by atoms with van der Waals surface area (Å²) < 4.78 is 11.3. The second kappa shape index (κ2) is 5.51. The predicted octanol–water partition coefficient (Wildman–Crippen LogP) is 2.62. The van der Waals surface area contributed by atoms with Gasteiger partial charge in [-0.05, 0) is 38.3 Å². The van der Waals surface area contributed by atoms with E-state index >= 15 is 0 Å². The lowest BCUT2D eigenvalue weighted by atomic mass is 10.2. The molecule has 0 atom stereocenters. The van der Waals surface area contributed by atoms with E-state index in [2.05, 4.69) is 18.3 Å². The van der Waals surface area contributed by atoms with Gasteiger partial charge in [0.25, 0.3) is 0 Å². The minimum Gasteiger partial charge on any atom is -0.464 e. The first kappa shape index (κ1) is 11.7. The summed E-state index contributed by atoms with van der Waals surface area (Å²) in [5.41, 5.74) is 1.24. The van der Waals surface area contributed by atoms with Crippen molar-refractivity contribution in [3.05, 3.63) is 23.2 Å². The number of furan rings is 1. The normalized spacial score (nSPS) is 15.6. The van der Waals surface area contributed by atoms with Gasteiger partial charge in [-0.2, -0.15) is 0 Å². The molecule has 0 bridgehead atoms. The summed E-state index contributed by atoms with van der Waals surface area (Å²) in [7, 11) is 0. The molecule has 0 spiro atoms. The van der Waals surface area contributed by atoms with E-state index in [0.29, 0.717) is 6.61 Å². The third kappa shape index (κ3) is 3.35. The summed E-state index contributed by atoms with van der Waals surface area (Å²) in [6, 6.07) is 2.10. The second-order valence-corrected chi connectivity index (χ2v) is 4.53. The average molecular weight is 223 g/mol. The molecule has 16 heavy (non-hydrogen) atoms. The molecule has 3 nitrogen and oxygen atoms in total. The largest absolute Gasteiger partial charge is 0.464 e. The van der Waals surface area contributed by atoms with E-state index in [4.69, 9.17) is 9.15 Å². The van der Waals surface area contributed by atoms with Crippen LogP contribution in [0.4, 0.5) is 0 Å². The predicted molar refractivity (Wildman–Crippen MR) is 63.2 cm³/mol. The lowest BCUT2D eigenvalue weighted by Crippen LogP contribution is -2.11. The molecular formula is C13H21NO2. The molecule has 1 fully saturated rings. The van der Waals surface area contributed by atoms with Crippen molar-refractivity contribution in [1.29, 1.82) is 0 Å². The molecule has 90 valence electrons. The smallest absolute Gasteiger partial charge is 0.130 e. The zero-order valence-electron chi connectivity index (χ0n) is 10.2. The highest BCUT2D eigenvalue weighted by Crippen LogP contribution is 2.29. The zero-order chi connectivity index (χ0) is 11.4. The fourth-order valence-corrected chi connectivity index (χ4v) is 1.70. The minimum absolute atomic E-state index is 0.615. The number of rotatable bonds is 7.